The van der Waals surface area contributed by atoms with E-state index in [1.807, 2.05) is 0 Å². The molecule has 1 aromatic rings. The highest BCUT2D eigenvalue weighted by Gasteiger charge is 2.26. The number of likely N-dealkylation sites (tertiary alicyclic amines) is 1. The monoisotopic (exact) mass is 331 g/mol. The lowest BCUT2D eigenvalue weighted by Crippen LogP contribution is -2.42. The number of aliphatic hydroxyl groups is 2. The van der Waals surface area contributed by atoms with Crippen LogP contribution in [0, 0.1) is 5.92 Å². The van der Waals surface area contributed by atoms with Crippen molar-refractivity contribution >= 4 is 29.1 Å². The summed E-state index contributed by atoms with van der Waals surface area (Å²) in [5.74, 6) is 0.120. The largest absolute Gasteiger partial charge is 0.394 e. The number of piperidine rings is 1. The summed E-state index contributed by atoms with van der Waals surface area (Å²) in [6, 6.07) is 5.20. The Morgan fingerprint density at radius 2 is 1.95 bits per heavy atom. The number of hydrogen-bond acceptors (Lipinski definition) is 3. The van der Waals surface area contributed by atoms with Gasteiger partial charge in [0, 0.05) is 13.1 Å². The molecule has 0 bridgehead atoms. The van der Waals surface area contributed by atoms with Gasteiger partial charge in [-0.1, -0.05) is 29.3 Å². The quantitative estimate of drug-likeness (QED) is 0.888. The van der Waals surface area contributed by atoms with Crippen LogP contribution in [0.25, 0.3) is 0 Å². The smallest absolute Gasteiger partial charge is 0.226 e. The van der Waals surface area contributed by atoms with Gasteiger partial charge in [-0.25, -0.2) is 0 Å². The van der Waals surface area contributed by atoms with Crippen molar-refractivity contribution in [2.75, 3.05) is 19.7 Å². The second-order valence-electron chi connectivity index (χ2n) is 5.39. The topological polar surface area (TPSA) is 60.8 Å². The molecule has 1 heterocycles. The van der Waals surface area contributed by atoms with Gasteiger partial charge in [0.25, 0.3) is 0 Å². The zero-order valence-corrected chi connectivity index (χ0v) is 13.1. The van der Waals surface area contributed by atoms with Gasteiger partial charge in [0.15, 0.2) is 0 Å². The number of aliphatic hydroxyl groups excluding tert-OH is 2. The number of amides is 1. The molecule has 1 fully saturated rings. The van der Waals surface area contributed by atoms with Gasteiger partial charge in [0.2, 0.25) is 5.91 Å². The summed E-state index contributed by atoms with van der Waals surface area (Å²) >= 11 is 11.8. The lowest BCUT2D eigenvalue weighted by molar-refractivity contribution is -0.132. The minimum Gasteiger partial charge on any atom is -0.394 e. The first-order chi connectivity index (χ1) is 10.0. The summed E-state index contributed by atoms with van der Waals surface area (Å²) in [5, 5.41) is 19.5. The molecule has 2 N–H and O–H groups in total. The van der Waals surface area contributed by atoms with E-state index in [1.165, 1.54) is 0 Å². The van der Waals surface area contributed by atoms with Crippen molar-refractivity contribution in [3.8, 4) is 0 Å². The standard InChI is InChI=1S/C15H19Cl2NO3/c16-12-2-1-10(7-13(12)17)8-15(21)18-5-3-11(4-6-18)14(20)9-19/h1-2,7,11,14,19-20H,3-6,8-9H2. The number of rotatable bonds is 4. The Labute approximate surface area is 134 Å². The van der Waals surface area contributed by atoms with Gasteiger partial charge in [-0.2, -0.15) is 0 Å². The van der Waals surface area contributed by atoms with E-state index in [2.05, 4.69) is 0 Å². The molecule has 0 spiro atoms. The first kappa shape index (κ1) is 16.6. The van der Waals surface area contributed by atoms with E-state index in [-0.39, 0.29) is 18.4 Å². The lowest BCUT2D eigenvalue weighted by atomic mass is 9.91. The number of carbonyl (C=O) groups excluding carboxylic acids is 1. The van der Waals surface area contributed by atoms with E-state index < -0.39 is 6.10 Å². The Balaban J connectivity index is 1.88. The van der Waals surface area contributed by atoms with Crippen molar-refractivity contribution < 1.29 is 15.0 Å². The molecule has 0 saturated carbocycles. The molecule has 116 valence electrons. The highest BCUT2D eigenvalue weighted by molar-refractivity contribution is 6.42. The van der Waals surface area contributed by atoms with Gasteiger partial charge >= 0.3 is 0 Å². The molecule has 1 amide bonds. The van der Waals surface area contributed by atoms with Crippen LogP contribution in [0.15, 0.2) is 18.2 Å². The fourth-order valence-electron chi connectivity index (χ4n) is 2.62. The maximum absolute atomic E-state index is 12.2. The number of halogens is 2. The fourth-order valence-corrected chi connectivity index (χ4v) is 2.94. The highest BCUT2D eigenvalue weighted by atomic mass is 35.5. The van der Waals surface area contributed by atoms with E-state index in [0.29, 0.717) is 29.6 Å². The van der Waals surface area contributed by atoms with Crippen LogP contribution in [-0.2, 0) is 11.2 Å². The zero-order chi connectivity index (χ0) is 15.4. The SMILES string of the molecule is O=C(Cc1ccc(Cl)c(Cl)c1)N1CCC(C(O)CO)CC1. The molecule has 1 aliphatic heterocycles. The van der Waals surface area contributed by atoms with Gasteiger partial charge in [0.05, 0.1) is 29.2 Å². The van der Waals surface area contributed by atoms with E-state index in [9.17, 15) is 9.90 Å². The van der Waals surface area contributed by atoms with Crippen molar-refractivity contribution in [3.63, 3.8) is 0 Å². The molecule has 1 aliphatic rings. The molecule has 6 heteroatoms. The van der Waals surface area contributed by atoms with Gasteiger partial charge in [-0.05, 0) is 36.5 Å². The number of benzene rings is 1. The number of nitrogens with zero attached hydrogens (tertiary/aromatic N) is 1. The summed E-state index contributed by atoms with van der Waals surface area (Å²) in [7, 11) is 0. The molecule has 1 unspecified atom stereocenters. The van der Waals surface area contributed by atoms with Gasteiger partial charge in [-0.15, -0.1) is 0 Å². The second-order valence-corrected chi connectivity index (χ2v) is 6.21. The molecule has 1 aromatic carbocycles. The highest BCUT2D eigenvalue weighted by Crippen LogP contribution is 2.24. The molecular weight excluding hydrogens is 313 g/mol. The predicted octanol–water partition coefficient (Wildman–Crippen LogP) is 2.13. The van der Waals surface area contributed by atoms with Gasteiger partial charge < -0.3 is 15.1 Å². The first-order valence-corrected chi connectivity index (χ1v) is 7.77. The summed E-state index contributed by atoms with van der Waals surface area (Å²) in [6.07, 6.45) is 1.05. The van der Waals surface area contributed by atoms with E-state index in [0.717, 1.165) is 18.4 Å². The van der Waals surface area contributed by atoms with Crippen LogP contribution >= 0.6 is 23.2 Å². The second kappa shape index (κ2) is 7.45. The van der Waals surface area contributed by atoms with Gasteiger partial charge in [0.1, 0.15) is 0 Å². The molecule has 1 atom stereocenters. The molecule has 2 rings (SSSR count). The molecule has 4 nitrogen and oxygen atoms in total. The van der Waals surface area contributed by atoms with Crippen LogP contribution in [0.3, 0.4) is 0 Å². The van der Waals surface area contributed by atoms with Crippen molar-refractivity contribution in [1.82, 2.24) is 4.90 Å². The fraction of sp³-hybridized carbons (Fsp3) is 0.533. The number of carbonyl (C=O) groups is 1. The zero-order valence-electron chi connectivity index (χ0n) is 11.6. The van der Waals surface area contributed by atoms with Gasteiger partial charge in [-0.3, -0.25) is 4.79 Å². The predicted molar refractivity (Wildman–Crippen MR) is 82.6 cm³/mol. The average molecular weight is 332 g/mol. The van der Waals surface area contributed by atoms with Crippen LogP contribution in [0.1, 0.15) is 18.4 Å². The molecule has 0 aromatic heterocycles. The third-order valence-corrected chi connectivity index (χ3v) is 4.70. The maximum atomic E-state index is 12.2. The third-order valence-electron chi connectivity index (χ3n) is 3.96. The van der Waals surface area contributed by atoms with Crippen LogP contribution in [0.5, 0.6) is 0 Å². The minimum atomic E-state index is -0.683. The summed E-state index contributed by atoms with van der Waals surface area (Å²) in [4.78, 5) is 14.0. The summed E-state index contributed by atoms with van der Waals surface area (Å²) in [6.45, 7) is 1.01. The molecule has 1 saturated heterocycles. The lowest BCUT2D eigenvalue weighted by Gasteiger charge is -2.33. The normalized spacial score (nSPS) is 17.8. The third kappa shape index (κ3) is 4.33. The van der Waals surface area contributed by atoms with E-state index >= 15 is 0 Å². The number of hydrogen-bond donors (Lipinski definition) is 2. The Kier molecular flexibility index (Phi) is 5.88. The Hall–Kier alpha value is -0.810. The van der Waals surface area contributed by atoms with Crippen LogP contribution in [0.4, 0.5) is 0 Å². The van der Waals surface area contributed by atoms with Crippen molar-refractivity contribution in [1.29, 1.82) is 0 Å². The molecule has 0 aliphatic carbocycles. The Morgan fingerprint density at radius 3 is 2.52 bits per heavy atom. The van der Waals surface area contributed by atoms with Crippen LogP contribution in [0.2, 0.25) is 10.0 Å². The van der Waals surface area contributed by atoms with Crippen LogP contribution < -0.4 is 0 Å². The maximum Gasteiger partial charge on any atom is 0.226 e. The molecule has 21 heavy (non-hydrogen) atoms. The molecular formula is C15H19Cl2NO3. The van der Waals surface area contributed by atoms with Crippen molar-refractivity contribution in [2.45, 2.75) is 25.4 Å². The Bertz CT molecular complexity index is 502. The minimum absolute atomic E-state index is 0.0466. The Morgan fingerprint density at radius 1 is 1.29 bits per heavy atom. The average Bonchev–Trinajstić information content (AvgIpc) is 2.50. The molecule has 0 radical (unpaired) electrons. The summed E-state index contributed by atoms with van der Waals surface area (Å²) < 4.78 is 0. The van der Waals surface area contributed by atoms with Crippen LogP contribution in [-0.4, -0.2) is 46.8 Å². The summed E-state index contributed by atoms with van der Waals surface area (Å²) in [5.41, 5.74) is 0.840. The van der Waals surface area contributed by atoms with Crippen molar-refractivity contribution in [3.05, 3.63) is 33.8 Å². The van der Waals surface area contributed by atoms with Crippen molar-refractivity contribution in [2.24, 2.45) is 5.92 Å². The first-order valence-electron chi connectivity index (χ1n) is 7.02. The van der Waals surface area contributed by atoms with E-state index in [1.54, 1.807) is 23.1 Å². The van der Waals surface area contributed by atoms with E-state index in [4.69, 9.17) is 28.3 Å².